The maximum absolute atomic E-state index is 13.8. The van der Waals surface area contributed by atoms with E-state index in [1.54, 1.807) is 29.4 Å². The number of ketones is 1. The van der Waals surface area contributed by atoms with Crippen molar-refractivity contribution in [1.29, 1.82) is 0 Å². The van der Waals surface area contributed by atoms with E-state index in [1.165, 1.54) is 0 Å². The van der Waals surface area contributed by atoms with Crippen LogP contribution in [0.3, 0.4) is 0 Å². The van der Waals surface area contributed by atoms with Crippen LogP contribution < -0.4 is 10.2 Å². The van der Waals surface area contributed by atoms with Crippen molar-refractivity contribution in [2.45, 2.75) is 25.8 Å². The van der Waals surface area contributed by atoms with Crippen LogP contribution in [-0.2, 0) is 4.79 Å². The summed E-state index contributed by atoms with van der Waals surface area (Å²) in [4.78, 5) is 28.8. The van der Waals surface area contributed by atoms with Gasteiger partial charge in [-0.05, 0) is 48.7 Å². The normalized spacial score (nSPS) is 20.8. The average Bonchev–Trinajstić information content (AvgIpc) is 3.23. The molecule has 3 aromatic rings. The van der Waals surface area contributed by atoms with E-state index in [4.69, 9.17) is 4.42 Å². The van der Waals surface area contributed by atoms with Crippen LogP contribution in [0.15, 0.2) is 88.7 Å². The van der Waals surface area contributed by atoms with E-state index in [0.717, 1.165) is 23.5 Å². The molecule has 1 amide bonds. The van der Waals surface area contributed by atoms with Gasteiger partial charge in [-0.15, -0.1) is 0 Å². The monoisotopic (exact) mass is 398 g/mol. The van der Waals surface area contributed by atoms with Crippen LogP contribution in [0.5, 0.6) is 0 Å². The van der Waals surface area contributed by atoms with Crippen molar-refractivity contribution in [1.82, 2.24) is 0 Å². The number of hydrogen-bond acceptors (Lipinski definition) is 4. The Morgan fingerprint density at radius 2 is 1.77 bits per heavy atom. The molecule has 0 fully saturated rings. The van der Waals surface area contributed by atoms with Crippen LogP contribution in [0.1, 0.15) is 41.9 Å². The third-order valence-corrected chi connectivity index (χ3v) is 5.74. The molecule has 1 N–H and O–H groups in total. The summed E-state index contributed by atoms with van der Waals surface area (Å²) < 4.78 is 5.78. The first-order valence-electron chi connectivity index (χ1n) is 10.2. The molecule has 0 radical (unpaired) electrons. The third kappa shape index (κ3) is 3.03. The summed E-state index contributed by atoms with van der Waals surface area (Å²) in [7, 11) is 0. The lowest BCUT2D eigenvalue weighted by Crippen LogP contribution is -2.38. The number of furan rings is 1. The molecule has 0 bridgehead atoms. The number of para-hydroxylation sites is 2. The van der Waals surface area contributed by atoms with Gasteiger partial charge in [0.1, 0.15) is 11.8 Å². The molecular formula is C25H22N2O3. The summed E-state index contributed by atoms with van der Waals surface area (Å²) in [6, 6.07) is 19.8. The highest BCUT2D eigenvalue weighted by atomic mass is 16.3. The number of fused-ring (bicyclic) bond motifs is 1. The topological polar surface area (TPSA) is 62.6 Å². The quantitative estimate of drug-likeness (QED) is 0.632. The Balaban J connectivity index is 1.77. The summed E-state index contributed by atoms with van der Waals surface area (Å²) in [5, 5.41) is 3.47. The molecule has 0 saturated heterocycles. The van der Waals surface area contributed by atoms with E-state index in [1.807, 2.05) is 48.5 Å². The minimum atomic E-state index is -0.626. The van der Waals surface area contributed by atoms with Crippen LogP contribution in [0.2, 0.25) is 0 Å². The number of benzene rings is 2. The molecular weight excluding hydrogens is 376 g/mol. The summed E-state index contributed by atoms with van der Waals surface area (Å²) in [6.07, 6.45) is 2.79. The Bertz CT molecular complexity index is 1130. The number of nitrogens with zero attached hydrogens (tertiary/aromatic N) is 1. The Labute approximate surface area is 175 Å². The van der Waals surface area contributed by atoms with Crippen LogP contribution in [0, 0.1) is 5.92 Å². The molecule has 0 unspecified atom stereocenters. The van der Waals surface area contributed by atoms with E-state index in [2.05, 4.69) is 12.2 Å². The zero-order valence-corrected chi connectivity index (χ0v) is 16.7. The first kappa shape index (κ1) is 18.4. The minimum absolute atomic E-state index is 0.0521. The third-order valence-electron chi connectivity index (χ3n) is 5.74. The van der Waals surface area contributed by atoms with Gasteiger partial charge in [-0.2, -0.15) is 0 Å². The van der Waals surface area contributed by atoms with Crippen molar-refractivity contribution in [3.8, 4) is 0 Å². The van der Waals surface area contributed by atoms with Gasteiger partial charge in [0.05, 0.1) is 17.6 Å². The number of nitrogens with one attached hydrogen (secondary N) is 1. The largest absolute Gasteiger partial charge is 0.467 e. The minimum Gasteiger partial charge on any atom is -0.467 e. The lowest BCUT2D eigenvalue weighted by molar-refractivity contribution is -0.117. The maximum Gasteiger partial charge on any atom is 0.259 e. The van der Waals surface area contributed by atoms with Crippen molar-refractivity contribution in [3.63, 3.8) is 0 Å². The first-order chi connectivity index (χ1) is 14.6. The lowest BCUT2D eigenvalue weighted by Gasteiger charge is -2.33. The van der Waals surface area contributed by atoms with Gasteiger partial charge in [-0.1, -0.05) is 37.3 Å². The summed E-state index contributed by atoms with van der Waals surface area (Å²) in [5.74, 6) is 0.695. The summed E-state index contributed by atoms with van der Waals surface area (Å²) in [6.45, 7) is 2.08. The molecule has 1 aliphatic heterocycles. The molecule has 2 heterocycles. The van der Waals surface area contributed by atoms with Gasteiger partial charge in [0, 0.05) is 23.3 Å². The Morgan fingerprint density at radius 1 is 1.00 bits per heavy atom. The molecule has 2 aromatic carbocycles. The SMILES string of the molecule is C[C@@H]1CC(=O)C2=C(C1)Nc1ccccc1N(C(=O)c1ccccc1)[C@@H]2c1ccco1. The highest BCUT2D eigenvalue weighted by molar-refractivity contribution is 6.11. The van der Waals surface area contributed by atoms with E-state index in [0.29, 0.717) is 23.3 Å². The van der Waals surface area contributed by atoms with E-state index in [-0.39, 0.29) is 17.6 Å². The molecule has 1 aromatic heterocycles. The molecule has 2 aliphatic rings. The number of anilines is 2. The number of carbonyl (C=O) groups excluding carboxylic acids is 2. The molecule has 0 spiro atoms. The Morgan fingerprint density at radius 3 is 2.53 bits per heavy atom. The summed E-state index contributed by atoms with van der Waals surface area (Å²) in [5.41, 5.74) is 3.58. The Kier molecular flexibility index (Phi) is 4.51. The van der Waals surface area contributed by atoms with Crippen LogP contribution in [0.25, 0.3) is 0 Å². The van der Waals surface area contributed by atoms with E-state index < -0.39 is 6.04 Å². The molecule has 5 rings (SSSR count). The van der Waals surface area contributed by atoms with Crippen LogP contribution in [0.4, 0.5) is 11.4 Å². The Hall–Kier alpha value is -3.60. The summed E-state index contributed by atoms with van der Waals surface area (Å²) >= 11 is 0. The van der Waals surface area contributed by atoms with E-state index >= 15 is 0 Å². The fraction of sp³-hybridized carbons (Fsp3) is 0.200. The zero-order valence-electron chi connectivity index (χ0n) is 16.7. The lowest BCUT2D eigenvalue weighted by atomic mass is 9.83. The highest BCUT2D eigenvalue weighted by Gasteiger charge is 2.42. The second-order valence-electron chi connectivity index (χ2n) is 7.93. The van der Waals surface area contributed by atoms with Crippen molar-refractivity contribution >= 4 is 23.1 Å². The van der Waals surface area contributed by atoms with Gasteiger partial charge in [-0.3, -0.25) is 14.5 Å². The first-order valence-corrected chi connectivity index (χ1v) is 10.2. The maximum atomic E-state index is 13.8. The van der Waals surface area contributed by atoms with Gasteiger partial charge < -0.3 is 9.73 Å². The number of amides is 1. The van der Waals surface area contributed by atoms with E-state index in [9.17, 15) is 9.59 Å². The van der Waals surface area contributed by atoms with Crippen molar-refractivity contribution < 1.29 is 14.0 Å². The van der Waals surface area contributed by atoms with Gasteiger partial charge in [0.15, 0.2) is 5.78 Å². The fourth-order valence-corrected chi connectivity index (χ4v) is 4.44. The molecule has 0 saturated carbocycles. The molecule has 2 atom stereocenters. The fourth-order valence-electron chi connectivity index (χ4n) is 4.44. The molecule has 5 heteroatoms. The molecule has 30 heavy (non-hydrogen) atoms. The smallest absolute Gasteiger partial charge is 0.259 e. The van der Waals surface area contributed by atoms with Gasteiger partial charge in [-0.25, -0.2) is 0 Å². The van der Waals surface area contributed by atoms with Gasteiger partial charge >= 0.3 is 0 Å². The highest BCUT2D eigenvalue weighted by Crippen LogP contribution is 2.46. The van der Waals surface area contributed by atoms with Gasteiger partial charge in [0.25, 0.3) is 5.91 Å². The predicted octanol–water partition coefficient (Wildman–Crippen LogP) is 5.35. The van der Waals surface area contributed by atoms with Gasteiger partial charge in [0.2, 0.25) is 0 Å². The average molecular weight is 398 g/mol. The number of carbonyl (C=O) groups is 2. The number of hydrogen-bond donors (Lipinski definition) is 1. The zero-order chi connectivity index (χ0) is 20.7. The van der Waals surface area contributed by atoms with Crippen molar-refractivity contribution in [2.75, 3.05) is 10.2 Å². The molecule has 5 nitrogen and oxygen atoms in total. The standard InChI is InChI=1S/C25H22N2O3/c1-16-14-19-23(21(28)15-16)24(22-12-7-13-30-22)27(20-11-6-5-10-18(20)26-19)25(29)17-8-3-2-4-9-17/h2-13,16,24,26H,14-15H2,1H3/t16-,24+/m0/s1. The predicted molar refractivity (Wildman–Crippen MR) is 115 cm³/mol. The van der Waals surface area contributed by atoms with Crippen molar-refractivity contribution in [2.24, 2.45) is 5.92 Å². The second kappa shape index (κ2) is 7.34. The number of allylic oxidation sites excluding steroid dienone is 1. The molecule has 1 aliphatic carbocycles. The van der Waals surface area contributed by atoms with Crippen LogP contribution >= 0.6 is 0 Å². The van der Waals surface area contributed by atoms with Crippen molar-refractivity contribution in [3.05, 3.63) is 95.6 Å². The van der Waals surface area contributed by atoms with Crippen LogP contribution in [-0.4, -0.2) is 11.7 Å². The number of rotatable bonds is 2. The number of Topliss-reactive ketones (excluding diaryl/α,β-unsaturated/α-hetero) is 1. The second-order valence-corrected chi connectivity index (χ2v) is 7.93. The molecule has 150 valence electrons.